The summed E-state index contributed by atoms with van der Waals surface area (Å²) in [4.78, 5) is 29.6. The van der Waals surface area contributed by atoms with Crippen LogP contribution in [-0.2, 0) is 26.2 Å². The molecule has 0 saturated heterocycles. The van der Waals surface area contributed by atoms with E-state index in [1.165, 1.54) is 33.8 Å². The van der Waals surface area contributed by atoms with Crippen molar-refractivity contribution in [1.29, 1.82) is 0 Å². The lowest BCUT2D eigenvalue weighted by atomic mass is 9.94. The fourth-order valence-electron chi connectivity index (χ4n) is 5.33. The number of nitrogens with one attached hydrogen (secondary N) is 1. The van der Waals surface area contributed by atoms with Crippen LogP contribution in [-0.4, -0.2) is 47.9 Å². The highest BCUT2D eigenvalue weighted by molar-refractivity contribution is 7.89. The van der Waals surface area contributed by atoms with Gasteiger partial charge in [0.15, 0.2) is 0 Å². The Labute approximate surface area is 244 Å². The molecule has 1 unspecified atom stereocenters. The molecule has 3 aromatic carbocycles. The van der Waals surface area contributed by atoms with Crippen molar-refractivity contribution in [3.63, 3.8) is 0 Å². The van der Waals surface area contributed by atoms with Crippen molar-refractivity contribution in [1.82, 2.24) is 20.3 Å². The minimum atomic E-state index is -3.97. The van der Waals surface area contributed by atoms with E-state index in [1.807, 2.05) is 25.1 Å². The number of sulfonamides is 1. The minimum Gasteiger partial charge on any atom is -0.494 e. The van der Waals surface area contributed by atoms with Gasteiger partial charge in [0.1, 0.15) is 23.9 Å². The van der Waals surface area contributed by atoms with Crippen LogP contribution < -0.4 is 20.1 Å². The van der Waals surface area contributed by atoms with Gasteiger partial charge in [-0.15, -0.1) is 5.10 Å². The summed E-state index contributed by atoms with van der Waals surface area (Å²) in [5, 5.41) is 16.8. The first-order valence-electron chi connectivity index (χ1n) is 14.0. The standard InChI is InChI=1S/C30H34N6O5S/c1-2-41-24-16-12-21(13-17-24)29(30(38)32-22-8-4-3-5-9-22)36(23-14-18-25(19-15-23)42(31,39)40)28(37)20-35-27-11-7-6-10-26(27)33-34-35/h6-7,10-19,22,29H,2-5,8-9,20H2,1H3,(H,32,38)(H2,31,39,40). The fourth-order valence-corrected chi connectivity index (χ4v) is 5.85. The van der Waals surface area contributed by atoms with E-state index in [2.05, 4.69) is 15.6 Å². The molecule has 0 spiro atoms. The molecule has 1 saturated carbocycles. The highest BCUT2D eigenvalue weighted by atomic mass is 32.2. The average Bonchev–Trinajstić information content (AvgIpc) is 3.39. The van der Waals surface area contributed by atoms with Gasteiger partial charge >= 0.3 is 0 Å². The summed E-state index contributed by atoms with van der Waals surface area (Å²) in [7, 11) is -3.97. The molecule has 4 aromatic rings. The predicted molar refractivity (Wildman–Crippen MR) is 158 cm³/mol. The number of hydrogen-bond acceptors (Lipinski definition) is 7. The number of amides is 2. The van der Waals surface area contributed by atoms with Gasteiger partial charge in [-0.05, 0) is 73.9 Å². The molecule has 1 aromatic heterocycles. The lowest BCUT2D eigenvalue weighted by molar-refractivity contribution is -0.127. The zero-order valence-corrected chi connectivity index (χ0v) is 24.2. The Morgan fingerprint density at radius 2 is 1.71 bits per heavy atom. The number of ether oxygens (including phenoxy) is 1. The van der Waals surface area contributed by atoms with Crippen LogP contribution in [0, 0.1) is 0 Å². The molecule has 220 valence electrons. The summed E-state index contributed by atoms with van der Waals surface area (Å²) in [5.41, 5.74) is 2.20. The van der Waals surface area contributed by atoms with Crippen LogP contribution in [0.1, 0.15) is 50.6 Å². The number of nitrogens with two attached hydrogens (primary N) is 1. The molecule has 1 fully saturated rings. The number of aromatic nitrogens is 3. The van der Waals surface area contributed by atoms with Crippen molar-refractivity contribution >= 4 is 38.6 Å². The van der Waals surface area contributed by atoms with E-state index in [1.54, 1.807) is 30.3 Å². The fraction of sp³-hybridized carbons (Fsp3) is 0.333. The quantitative estimate of drug-likeness (QED) is 0.286. The minimum absolute atomic E-state index is 0.00239. The molecule has 1 aliphatic carbocycles. The summed E-state index contributed by atoms with van der Waals surface area (Å²) >= 11 is 0. The molecule has 0 bridgehead atoms. The maximum Gasteiger partial charge on any atom is 0.249 e. The lowest BCUT2D eigenvalue weighted by Gasteiger charge is -2.33. The van der Waals surface area contributed by atoms with Crippen molar-refractivity contribution < 1.29 is 22.7 Å². The predicted octanol–water partition coefficient (Wildman–Crippen LogP) is 3.70. The van der Waals surface area contributed by atoms with Crippen molar-refractivity contribution in [3.8, 4) is 5.75 Å². The molecule has 1 aliphatic rings. The third kappa shape index (κ3) is 6.60. The van der Waals surface area contributed by atoms with Crippen LogP contribution in [0.25, 0.3) is 11.0 Å². The van der Waals surface area contributed by atoms with E-state index in [-0.39, 0.29) is 23.4 Å². The van der Waals surface area contributed by atoms with Crippen molar-refractivity contribution in [2.75, 3.05) is 11.5 Å². The number of fused-ring (bicyclic) bond motifs is 1. The van der Waals surface area contributed by atoms with Gasteiger partial charge in [-0.2, -0.15) is 0 Å². The smallest absolute Gasteiger partial charge is 0.249 e. The monoisotopic (exact) mass is 590 g/mol. The Kier molecular flexibility index (Phi) is 8.83. The second-order valence-electron chi connectivity index (χ2n) is 10.3. The average molecular weight is 591 g/mol. The molecule has 11 nitrogen and oxygen atoms in total. The third-order valence-electron chi connectivity index (χ3n) is 7.38. The molecule has 0 aliphatic heterocycles. The van der Waals surface area contributed by atoms with Crippen LogP contribution in [0.3, 0.4) is 0 Å². The Bertz CT molecular complexity index is 1650. The molecule has 3 N–H and O–H groups in total. The second-order valence-corrected chi connectivity index (χ2v) is 11.8. The maximum atomic E-state index is 14.2. The lowest BCUT2D eigenvalue weighted by Crippen LogP contribution is -2.48. The number of primary sulfonamides is 1. The van der Waals surface area contributed by atoms with E-state index < -0.39 is 22.0 Å². The summed E-state index contributed by atoms with van der Waals surface area (Å²) in [6.07, 6.45) is 4.90. The zero-order valence-electron chi connectivity index (χ0n) is 23.3. The zero-order chi connectivity index (χ0) is 29.7. The third-order valence-corrected chi connectivity index (χ3v) is 8.31. The Hall–Kier alpha value is -4.29. The van der Waals surface area contributed by atoms with Gasteiger partial charge in [0, 0.05) is 11.7 Å². The molecule has 42 heavy (non-hydrogen) atoms. The topological polar surface area (TPSA) is 150 Å². The second kappa shape index (κ2) is 12.7. The van der Waals surface area contributed by atoms with Crippen LogP contribution in [0.5, 0.6) is 5.75 Å². The van der Waals surface area contributed by atoms with Crippen LogP contribution in [0.2, 0.25) is 0 Å². The van der Waals surface area contributed by atoms with Gasteiger partial charge in [-0.1, -0.05) is 48.7 Å². The van der Waals surface area contributed by atoms with Crippen LogP contribution in [0.15, 0.2) is 77.7 Å². The van der Waals surface area contributed by atoms with Gasteiger partial charge in [0.05, 0.1) is 17.0 Å². The van der Waals surface area contributed by atoms with Crippen LogP contribution in [0.4, 0.5) is 5.69 Å². The molecular formula is C30H34N6O5S. The van der Waals surface area contributed by atoms with Gasteiger partial charge < -0.3 is 10.1 Å². The highest BCUT2D eigenvalue weighted by Gasteiger charge is 2.34. The summed E-state index contributed by atoms with van der Waals surface area (Å²) in [5.74, 6) is -0.137. The number of carbonyl (C=O) groups excluding carboxylic acids is 2. The first-order valence-corrected chi connectivity index (χ1v) is 15.6. The van der Waals surface area contributed by atoms with Crippen molar-refractivity contribution in [3.05, 3.63) is 78.4 Å². The molecule has 0 radical (unpaired) electrons. The van der Waals surface area contributed by atoms with Gasteiger partial charge in [0.25, 0.3) is 0 Å². The largest absolute Gasteiger partial charge is 0.494 e. The molecule has 1 atom stereocenters. The van der Waals surface area contributed by atoms with E-state index >= 15 is 0 Å². The number of para-hydroxylation sites is 1. The Morgan fingerprint density at radius 1 is 1.02 bits per heavy atom. The number of benzene rings is 3. The van der Waals surface area contributed by atoms with E-state index in [0.29, 0.717) is 34.6 Å². The molecule has 12 heteroatoms. The number of anilines is 1. The summed E-state index contributed by atoms with van der Waals surface area (Å²) in [6.45, 7) is 2.16. The van der Waals surface area contributed by atoms with E-state index in [9.17, 15) is 18.0 Å². The Morgan fingerprint density at radius 3 is 2.38 bits per heavy atom. The summed E-state index contributed by atoms with van der Waals surface area (Å²) < 4.78 is 31.0. The number of rotatable bonds is 10. The molecule has 1 heterocycles. The first kappa shape index (κ1) is 29.2. The first-order chi connectivity index (χ1) is 20.2. The molecule has 2 amide bonds. The SMILES string of the molecule is CCOc1ccc(C(C(=O)NC2CCCCC2)N(C(=O)Cn2nnc3ccccc32)c2ccc(S(N)(=O)=O)cc2)cc1. The highest BCUT2D eigenvalue weighted by Crippen LogP contribution is 2.31. The number of carbonyl (C=O) groups is 2. The Balaban J connectivity index is 1.58. The maximum absolute atomic E-state index is 14.2. The summed E-state index contributed by atoms with van der Waals surface area (Å²) in [6, 6.07) is 18.9. The van der Waals surface area contributed by atoms with Crippen molar-refractivity contribution in [2.24, 2.45) is 5.14 Å². The van der Waals surface area contributed by atoms with Crippen molar-refractivity contribution in [2.45, 2.75) is 62.6 Å². The number of hydrogen-bond donors (Lipinski definition) is 2. The van der Waals surface area contributed by atoms with E-state index in [4.69, 9.17) is 9.88 Å². The van der Waals surface area contributed by atoms with Crippen LogP contribution >= 0.6 is 0 Å². The normalized spacial score (nSPS) is 14.8. The van der Waals surface area contributed by atoms with Gasteiger partial charge in [0.2, 0.25) is 21.8 Å². The van der Waals surface area contributed by atoms with Gasteiger partial charge in [-0.3, -0.25) is 14.5 Å². The number of nitrogens with zero attached hydrogens (tertiary/aromatic N) is 4. The molecular weight excluding hydrogens is 556 g/mol. The molecule has 5 rings (SSSR count). The van der Waals surface area contributed by atoms with Gasteiger partial charge in [-0.25, -0.2) is 18.2 Å². The van der Waals surface area contributed by atoms with E-state index in [0.717, 1.165) is 32.1 Å².